The van der Waals surface area contributed by atoms with Crippen LogP contribution < -0.4 is 10.6 Å². The standard InChI is InChI=1S/C13H18ClN3O2/c1-9-8-17(5-2-6-19-9)12-7-10(14)3-4-11(12)13(15)16-18/h3-4,7,9,18H,2,5-6,8H2,1H3,(H2,15,16). The Balaban J connectivity index is 2.38. The number of oxime groups is 1. The lowest BCUT2D eigenvalue weighted by molar-refractivity contribution is 0.0821. The lowest BCUT2D eigenvalue weighted by Crippen LogP contribution is -2.32. The van der Waals surface area contributed by atoms with Gasteiger partial charge in [0.15, 0.2) is 5.84 Å². The number of nitrogens with two attached hydrogens (primary N) is 1. The van der Waals surface area contributed by atoms with Crippen LogP contribution in [0.15, 0.2) is 23.4 Å². The topological polar surface area (TPSA) is 71.1 Å². The van der Waals surface area contributed by atoms with Crippen LogP contribution in [0, 0.1) is 0 Å². The highest BCUT2D eigenvalue weighted by molar-refractivity contribution is 6.31. The van der Waals surface area contributed by atoms with Crippen LogP contribution >= 0.6 is 11.6 Å². The van der Waals surface area contributed by atoms with E-state index in [4.69, 9.17) is 27.3 Å². The summed E-state index contributed by atoms with van der Waals surface area (Å²) in [5, 5.41) is 12.6. The van der Waals surface area contributed by atoms with E-state index in [1.807, 2.05) is 13.0 Å². The number of hydrogen-bond donors (Lipinski definition) is 2. The Kier molecular flexibility index (Phi) is 4.50. The molecule has 1 atom stereocenters. The fourth-order valence-corrected chi connectivity index (χ4v) is 2.42. The lowest BCUT2D eigenvalue weighted by atomic mass is 10.1. The minimum absolute atomic E-state index is 0.0875. The predicted molar refractivity (Wildman–Crippen MR) is 76.2 cm³/mol. The van der Waals surface area contributed by atoms with Gasteiger partial charge in [0.25, 0.3) is 0 Å². The molecule has 0 saturated carbocycles. The maximum absolute atomic E-state index is 8.87. The number of amidine groups is 1. The highest BCUT2D eigenvalue weighted by Gasteiger charge is 2.19. The molecule has 104 valence electrons. The predicted octanol–water partition coefficient (Wildman–Crippen LogP) is 2.05. The Bertz CT molecular complexity index is 479. The maximum atomic E-state index is 8.87. The van der Waals surface area contributed by atoms with Crippen LogP contribution in [0.1, 0.15) is 18.9 Å². The van der Waals surface area contributed by atoms with E-state index in [1.54, 1.807) is 12.1 Å². The zero-order valence-corrected chi connectivity index (χ0v) is 11.6. The normalized spacial score (nSPS) is 21.3. The minimum Gasteiger partial charge on any atom is -0.409 e. The van der Waals surface area contributed by atoms with Gasteiger partial charge >= 0.3 is 0 Å². The van der Waals surface area contributed by atoms with Crippen LogP contribution in [0.5, 0.6) is 0 Å². The summed E-state index contributed by atoms with van der Waals surface area (Å²) in [5.74, 6) is 0.0875. The van der Waals surface area contributed by atoms with Crippen molar-refractivity contribution >= 4 is 23.1 Å². The van der Waals surface area contributed by atoms with Gasteiger partial charge in [-0.15, -0.1) is 0 Å². The fourth-order valence-electron chi connectivity index (χ4n) is 2.25. The van der Waals surface area contributed by atoms with Crippen LogP contribution in [0.3, 0.4) is 0 Å². The molecule has 1 aromatic carbocycles. The number of anilines is 1. The number of benzene rings is 1. The summed E-state index contributed by atoms with van der Waals surface area (Å²) < 4.78 is 5.63. The van der Waals surface area contributed by atoms with Gasteiger partial charge in [-0.05, 0) is 31.5 Å². The zero-order valence-electron chi connectivity index (χ0n) is 10.8. The average Bonchev–Trinajstić information content (AvgIpc) is 2.62. The molecule has 6 heteroatoms. The second-order valence-electron chi connectivity index (χ2n) is 4.63. The highest BCUT2D eigenvalue weighted by Crippen LogP contribution is 2.26. The molecule has 1 aromatic rings. The number of halogens is 1. The van der Waals surface area contributed by atoms with Crippen molar-refractivity contribution in [1.82, 2.24) is 0 Å². The van der Waals surface area contributed by atoms with Crippen molar-refractivity contribution < 1.29 is 9.94 Å². The van der Waals surface area contributed by atoms with Crippen molar-refractivity contribution in [2.24, 2.45) is 10.9 Å². The van der Waals surface area contributed by atoms with Crippen molar-refractivity contribution in [2.75, 3.05) is 24.6 Å². The third kappa shape index (κ3) is 3.30. The van der Waals surface area contributed by atoms with Gasteiger partial charge in [0.2, 0.25) is 0 Å². The van der Waals surface area contributed by atoms with E-state index in [2.05, 4.69) is 10.1 Å². The first-order valence-electron chi connectivity index (χ1n) is 6.26. The second-order valence-corrected chi connectivity index (χ2v) is 5.06. The minimum atomic E-state index is 0.0875. The average molecular weight is 284 g/mol. The summed E-state index contributed by atoms with van der Waals surface area (Å²) >= 11 is 6.06. The maximum Gasteiger partial charge on any atom is 0.172 e. The van der Waals surface area contributed by atoms with E-state index in [9.17, 15) is 0 Å². The Morgan fingerprint density at radius 3 is 3.11 bits per heavy atom. The molecule has 0 amide bonds. The zero-order chi connectivity index (χ0) is 13.8. The Morgan fingerprint density at radius 1 is 1.58 bits per heavy atom. The molecular weight excluding hydrogens is 266 g/mol. The molecule has 1 unspecified atom stereocenters. The summed E-state index contributed by atoms with van der Waals surface area (Å²) in [7, 11) is 0. The molecule has 2 rings (SSSR count). The Hall–Kier alpha value is -1.46. The molecule has 0 spiro atoms. The molecular formula is C13H18ClN3O2. The van der Waals surface area contributed by atoms with E-state index >= 15 is 0 Å². The number of hydrogen-bond acceptors (Lipinski definition) is 4. The van der Waals surface area contributed by atoms with Gasteiger partial charge in [0, 0.05) is 36.0 Å². The van der Waals surface area contributed by atoms with E-state index < -0.39 is 0 Å². The van der Waals surface area contributed by atoms with Gasteiger partial charge in [0.05, 0.1) is 6.10 Å². The van der Waals surface area contributed by atoms with Crippen LogP contribution in [-0.2, 0) is 4.74 Å². The van der Waals surface area contributed by atoms with Crippen LogP contribution in [0.2, 0.25) is 5.02 Å². The molecule has 0 aliphatic carbocycles. The molecule has 1 fully saturated rings. The Morgan fingerprint density at radius 2 is 2.37 bits per heavy atom. The molecule has 0 aromatic heterocycles. The smallest absolute Gasteiger partial charge is 0.172 e. The molecule has 1 aliphatic heterocycles. The third-order valence-corrected chi connectivity index (χ3v) is 3.37. The second kappa shape index (κ2) is 6.12. The van der Waals surface area contributed by atoms with Crippen molar-refractivity contribution in [2.45, 2.75) is 19.4 Å². The van der Waals surface area contributed by atoms with E-state index in [0.29, 0.717) is 10.6 Å². The Labute approximate surface area is 117 Å². The van der Waals surface area contributed by atoms with Gasteiger partial charge < -0.3 is 20.6 Å². The first-order valence-corrected chi connectivity index (χ1v) is 6.63. The fraction of sp³-hybridized carbons (Fsp3) is 0.462. The quantitative estimate of drug-likeness (QED) is 0.377. The van der Waals surface area contributed by atoms with Crippen LogP contribution in [0.4, 0.5) is 5.69 Å². The largest absolute Gasteiger partial charge is 0.409 e. The van der Waals surface area contributed by atoms with Crippen molar-refractivity contribution in [3.8, 4) is 0 Å². The van der Waals surface area contributed by atoms with E-state index in [1.165, 1.54) is 0 Å². The number of rotatable bonds is 2. The van der Waals surface area contributed by atoms with Crippen molar-refractivity contribution in [3.63, 3.8) is 0 Å². The summed E-state index contributed by atoms with van der Waals surface area (Å²) in [6, 6.07) is 5.34. The lowest BCUT2D eigenvalue weighted by Gasteiger charge is -2.26. The van der Waals surface area contributed by atoms with E-state index in [-0.39, 0.29) is 11.9 Å². The highest BCUT2D eigenvalue weighted by atomic mass is 35.5. The first kappa shape index (κ1) is 14.0. The molecule has 19 heavy (non-hydrogen) atoms. The molecule has 0 bridgehead atoms. The molecule has 0 radical (unpaired) electrons. The number of ether oxygens (including phenoxy) is 1. The van der Waals surface area contributed by atoms with Crippen LogP contribution in [0.25, 0.3) is 0 Å². The summed E-state index contributed by atoms with van der Waals surface area (Å²) in [5.41, 5.74) is 7.28. The van der Waals surface area contributed by atoms with Gasteiger partial charge in [-0.2, -0.15) is 0 Å². The monoisotopic (exact) mass is 283 g/mol. The van der Waals surface area contributed by atoms with Gasteiger partial charge in [0.1, 0.15) is 0 Å². The first-order chi connectivity index (χ1) is 9.11. The van der Waals surface area contributed by atoms with Gasteiger partial charge in [-0.25, -0.2) is 0 Å². The molecule has 1 aliphatic rings. The molecule has 5 nitrogen and oxygen atoms in total. The molecule has 1 heterocycles. The van der Waals surface area contributed by atoms with Crippen molar-refractivity contribution in [3.05, 3.63) is 28.8 Å². The van der Waals surface area contributed by atoms with Crippen LogP contribution in [-0.4, -0.2) is 36.8 Å². The number of nitrogens with zero attached hydrogens (tertiary/aromatic N) is 2. The summed E-state index contributed by atoms with van der Waals surface area (Å²) in [4.78, 5) is 2.16. The van der Waals surface area contributed by atoms with Crippen molar-refractivity contribution in [1.29, 1.82) is 0 Å². The van der Waals surface area contributed by atoms with E-state index in [0.717, 1.165) is 31.8 Å². The van der Waals surface area contributed by atoms with Gasteiger partial charge in [-0.3, -0.25) is 0 Å². The summed E-state index contributed by atoms with van der Waals surface area (Å²) in [6.07, 6.45) is 1.08. The van der Waals surface area contributed by atoms with Gasteiger partial charge in [-0.1, -0.05) is 16.8 Å². The molecule has 3 N–H and O–H groups in total. The molecule has 1 saturated heterocycles. The third-order valence-electron chi connectivity index (χ3n) is 3.14. The SMILES string of the molecule is CC1CN(c2cc(Cl)ccc2C(N)=NO)CCCO1. The summed E-state index contributed by atoms with van der Waals surface area (Å²) in [6.45, 7) is 4.39.